The van der Waals surface area contributed by atoms with Gasteiger partial charge in [0.05, 0.1) is 0 Å². The van der Waals surface area contributed by atoms with Gasteiger partial charge in [0, 0.05) is 0 Å². The number of rotatable bonds is 4. The molecule has 0 saturated heterocycles. The molecule has 0 unspecified atom stereocenters. The Morgan fingerprint density at radius 3 is 1.78 bits per heavy atom. The summed E-state index contributed by atoms with van der Waals surface area (Å²) in [5.74, 6) is 0. The van der Waals surface area contributed by atoms with Crippen molar-refractivity contribution in [2.75, 3.05) is 0 Å². The standard InChI is InChI=1S/C13H9.C7H9.2C6H5.2ClH.H2Si.Ti/c1-3-7-12-10(5-1)9-11-6-2-4-8-13(11)12;1-6-4-3-5-7(6)2;2*1-2-4-6-5-3-1;;;;/h1-5,7-8H,9H2;4H,3H2,1-2H3;2*1-5H;2*1H;1H2;. The van der Waals surface area contributed by atoms with Crippen LogP contribution in [0.3, 0.4) is 0 Å². The van der Waals surface area contributed by atoms with Crippen LogP contribution in [-0.4, -0.2) is 7.63 Å². The van der Waals surface area contributed by atoms with Gasteiger partial charge in [-0.3, -0.25) is 0 Å². The van der Waals surface area contributed by atoms with Gasteiger partial charge in [-0.05, 0) is 0 Å². The summed E-state index contributed by atoms with van der Waals surface area (Å²) in [6.07, 6.45) is 4.54. The summed E-state index contributed by atoms with van der Waals surface area (Å²) in [4.78, 5) is 0. The Hall–Kier alpha value is -2.13. The molecule has 182 valence electrons. The summed E-state index contributed by atoms with van der Waals surface area (Å²) < 4.78 is 6.37. The number of hydrogen-bond donors (Lipinski definition) is 0. The largest absolute Gasteiger partial charge is 0.147 e. The Balaban J connectivity index is 0.00000152. The van der Waals surface area contributed by atoms with E-state index >= 15 is 0 Å². The first-order chi connectivity index (χ1) is 16.5. The van der Waals surface area contributed by atoms with Crippen molar-refractivity contribution in [3.8, 4) is 11.1 Å². The van der Waals surface area contributed by atoms with Crippen LogP contribution in [0.2, 0.25) is 0 Å². The van der Waals surface area contributed by atoms with Crippen molar-refractivity contribution >= 4 is 44.0 Å². The third-order valence-corrected chi connectivity index (χ3v) is 25.9. The van der Waals surface area contributed by atoms with E-state index in [-0.39, 0.29) is 24.8 Å². The molecule has 0 amide bonds. The quantitative estimate of drug-likeness (QED) is 0.227. The van der Waals surface area contributed by atoms with E-state index in [4.69, 9.17) is 0 Å². The molecule has 36 heavy (non-hydrogen) atoms. The smallest absolute Gasteiger partial charge is 0.147 e. The minimum absolute atomic E-state index is 0. The average molecular weight is 563 g/mol. The van der Waals surface area contributed by atoms with E-state index in [1.807, 2.05) is 0 Å². The molecule has 2 aliphatic carbocycles. The maximum absolute atomic E-state index is 3.97. The van der Waals surface area contributed by atoms with Crippen molar-refractivity contribution in [2.24, 2.45) is 0 Å². The van der Waals surface area contributed by atoms with Gasteiger partial charge in [0.25, 0.3) is 0 Å². The summed E-state index contributed by atoms with van der Waals surface area (Å²) >= 11 is -3.97. The van der Waals surface area contributed by atoms with E-state index in [1.54, 1.807) is 13.3 Å². The molecule has 0 fully saturated rings. The maximum Gasteiger partial charge on any atom is -0.147 e. The first kappa shape index (κ1) is 26.9. The third kappa shape index (κ3) is 3.60. The second kappa shape index (κ2) is 9.97. The zero-order valence-corrected chi connectivity index (χ0v) is 25.4. The molecular formula is C32H32Cl2SiTi. The molecule has 4 aromatic carbocycles. The van der Waals surface area contributed by atoms with E-state index in [0.717, 1.165) is 12.8 Å². The molecule has 0 nitrogen and oxygen atoms in total. The summed E-state index contributed by atoms with van der Waals surface area (Å²) in [6.45, 7) is 4.67. The molecule has 0 radical (unpaired) electrons. The molecule has 2 aliphatic rings. The molecular weight excluding hydrogens is 531 g/mol. The van der Waals surface area contributed by atoms with Crippen molar-refractivity contribution in [2.45, 2.75) is 26.7 Å². The van der Waals surface area contributed by atoms with Crippen molar-refractivity contribution in [3.63, 3.8) is 0 Å². The van der Waals surface area contributed by atoms with Crippen molar-refractivity contribution < 1.29 is 14.0 Å². The Bertz CT molecular complexity index is 1520. The summed E-state index contributed by atoms with van der Waals surface area (Å²) in [5, 5.41) is 0. The number of benzene rings is 4. The topological polar surface area (TPSA) is 0 Å². The van der Waals surface area contributed by atoms with Crippen LogP contribution in [0.1, 0.15) is 31.4 Å². The Morgan fingerprint density at radius 2 is 1.19 bits per heavy atom. The number of hydrogen-bond acceptors (Lipinski definition) is 0. The average Bonchev–Trinajstić information content (AvgIpc) is 3.44. The van der Waals surface area contributed by atoms with Crippen LogP contribution in [0.15, 0.2) is 124 Å². The van der Waals surface area contributed by atoms with Crippen LogP contribution in [0.25, 0.3) is 11.1 Å². The molecule has 0 bridgehead atoms. The van der Waals surface area contributed by atoms with Crippen LogP contribution >= 0.6 is 24.8 Å². The van der Waals surface area contributed by atoms with Gasteiger partial charge in [0.2, 0.25) is 0 Å². The fourth-order valence-corrected chi connectivity index (χ4v) is 22.3. The van der Waals surface area contributed by atoms with E-state index < -0.39 is 14.0 Å². The summed E-state index contributed by atoms with van der Waals surface area (Å²) in [6, 6.07) is 39.2. The normalized spacial score (nSPS) is 14.4. The maximum atomic E-state index is 2.49. The van der Waals surface area contributed by atoms with Crippen molar-refractivity contribution in [1.82, 2.24) is 0 Å². The predicted molar refractivity (Wildman–Crippen MR) is 161 cm³/mol. The number of fused-ring (bicyclic) bond motifs is 3. The van der Waals surface area contributed by atoms with E-state index in [1.165, 1.54) is 35.6 Å². The molecule has 0 saturated carbocycles. The minimum atomic E-state index is -3.97. The zero-order valence-electron chi connectivity index (χ0n) is 20.8. The molecule has 6 rings (SSSR count). The first-order valence-corrected chi connectivity index (χ1v) is 19.4. The second-order valence-electron chi connectivity index (χ2n) is 10.0. The monoisotopic (exact) mass is 562 g/mol. The molecule has 4 aromatic rings. The van der Waals surface area contributed by atoms with Gasteiger partial charge in [0.1, 0.15) is 0 Å². The van der Waals surface area contributed by atoms with Gasteiger partial charge in [-0.25, -0.2) is 0 Å². The summed E-state index contributed by atoms with van der Waals surface area (Å²) in [7, 11) is 2.37. The second-order valence-corrected chi connectivity index (χ2v) is 24.0. The molecule has 0 N–H and O–H groups in total. The molecule has 4 heteroatoms. The molecule has 0 aromatic heterocycles. The van der Waals surface area contributed by atoms with Crippen LogP contribution in [-0.2, 0) is 20.5 Å². The SMILES string of the molecule is CC1=CC[C]([Ti](=[SiH2])([c]2ccccc2)([c]2ccccc2)[c]2cccc3c2Cc2ccccc2-3)=C1C.Cl.Cl. The van der Waals surface area contributed by atoms with E-state index in [0.29, 0.717) is 0 Å². The fraction of sp³-hybridized carbons (Fsp3) is 0.125. The van der Waals surface area contributed by atoms with Gasteiger partial charge in [-0.1, -0.05) is 0 Å². The van der Waals surface area contributed by atoms with Gasteiger partial charge in [-0.2, -0.15) is 0 Å². The molecule has 0 atom stereocenters. The Labute approximate surface area is 229 Å². The van der Waals surface area contributed by atoms with Gasteiger partial charge >= 0.3 is 206 Å². The predicted octanol–water partition coefficient (Wildman–Crippen LogP) is 6.24. The zero-order chi connectivity index (χ0) is 23.4. The van der Waals surface area contributed by atoms with Crippen LogP contribution in [0.5, 0.6) is 0 Å². The Kier molecular flexibility index (Phi) is 7.46. The van der Waals surface area contributed by atoms with Gasteiger partial charge in [-0.15, -0.1) is 24.8 Å². The van der Waals surface area contributed by atoms with Crippen molar-refractivity contribution in [3.05, 3.63) is 135 Å². The molecule has 0 heterocycles. The fourth-order valence-electron chi connectivity index (χ4n) is 6.71. The Morgan fingerprint density at radius 1 is 0.639 bits per heavy atom. The molecule has 0 aliphatic heterocycles. The van der Waals surface area contributed by atoms with Crippen molar-refractivity contribution in [1.29, 1.82) is 0 Å². The van der Waals surface area contributed by atoms with E-state index in [9.17, 15) is 0 Å². The van der Waals surface area contributed by atoms with Gasteiger partial charge < -0.3 is 0 Å². The van der Waals surface area contributed by atoms with Crippen LogP contribution < -0.4 is 11.6 Å². The van der Waals surface area contributed by atoms with Crippen LogP contribution in [0.4, 0.5) is 0 Å². The van der Waals surface area contributed by atoms with Crippen LogP contribution in [0, 0.1) is 0 Å². The summed E-state index contributed by atoms with van der Waals surface area (Å²) in [5.41, 5.74) is 8.81. The van der Waals surface area contributed by atoms with E-state index in [2.05, 4.69) is 131 Å². The first-order valence-electron chi connectivity index (χ1n) is 12.3. The van der Waals surface area contributed by atoms with Gasteiger partial charge in [0.15, 0.2) is 0 Å². The minimum Gasteiger partial charge on any atom is -0.147 e. The number of allylic oxidation sites excluding steroid dienone is 4. The molecule has 0 spiro atoms. The number of halogens is 2. The third-order valence-electron chi connectivity index (χ3n) is 8.59.